The molecule has 2 N–H and O–H groups in total. The lowest BCUT2D eigenvalue weighted by molar-refractivity contribution is -0.146. The van der Waals surface area contributed by atoms with Crippen molar-refractivity contribution in [2.24, 2.45) is 5.92 Å². The Bertz CT molecular complexity index is 823. The number of carbonyl (C=O) groups excluding carboxylic acids is 2. The van der Waals surface area contributed by atoms with Crippen molar-refractivity contribution in [3.05, 3.63) is 29.8 Å². The number of aliphatic hydroxyl groups is 1. The van der Waals surface area contributed by atoms with Crippen LogP contribution in [0, 0.1) is 17.2 Å². The van der Waals surface area contributed by atoms with Gasteiger partial charge in [-0.25, -0.2) is 13.2 Å². The van der Waals surface area contributed by atoms with Crippen molar-refractivity contribution < 1.29 is 27.9 Å². The van der Waals surface area contributed by atoms with E-state index in [0.717, 1.165) is 7.11 Å². The maximum atomic E-state index is 12.7. The van der Waals surface area contributed by atoms with Crippen molar-refractivity contribution in [3.63, 3.8) is 0 Å². The zero-order chi connectivity index (χ0) is 20.0. The van der Waals surface area contributed by atoms with Crippen LogP contribution < -0.4 is 5.32 Å². The van der Waals surface area contributed by atoms with E-state index >= 15 is 0 Å². The lowest BCUT2D eigenvalue weighted by Crippen LogP contribution is -2.49. The second-order valence-electron chi connectivity index (χ2n) is 6.08. The van der Waals surface area contributed by atoms with Crippen molar-refractivity contribution in [3.8, 4) is 6.07 Å². The van der Waals surface area contributed by atoms with Crippen LogP contribution in [0.4, 0.5) is 0 Å². The molecule has 0 spiro atoms. The van der Waals surface area contributed by atoms with Gasteiger partial charge in [0.15, 0.2) is 6.04 Å². The summed E-state index contributed by atoms with van der Waals surface area (Å²) in [7, 11) is -2.55. The van der Waals surface area contributed by atoms with Crippen LogP contribution in [0.3, 0.4) is 0 Å². The minimum absolute atomic E-state index is 0.0930. The summed E-state index contributed by atoms with van der Waals surface area (Å²) in [6, 6.07) is 6.44. The van der Waals surface area contributed by atoms with E-state index < -0.39 is 40.5 Å². The number of ether oxygens (including phenoxy) is 1. The number of piperidine rings is 1. The highest BCUT2D eigenvalue weighted by Gasteiger charge is 2.33. The van der Waals surface area contributed by atoms with Crippen LogP contribution in [-0.2, 0) is 24.3 Å². The highest BCUT2D eigenvalue weighted by molar-refractivity contribution is 7.89. The molecule has 1 saturated heterocycles. The Balaban J connectivity index is 1.98. The van der Waals surface area contributed by atoms with Crippen molar-refractivity contribution >= 4 is 21.9 Å². The van der Waals surface area contributed by atoms with Crippen molar-refractivity contribution in [2.75, 3.05) is 26.8 Å². The van der Waals surface area contributed by atoms with Crippen LogP contribution in [0.5, 0.6) is 0 Å². The van der Waals surface area contributed by atoms with Crippen molar-refractivity contribution in [1.82, 2.24) is 9.62 Å². The van der Waals surface area contributed by atoms with Gasteiger partial charge in [-0.15, -0.1) is 0 Å². The molecule has 9 nitrogen and oxygen atoms in total. The molecule has 0 unspecified atom stereocenters. The van der Waals surface area contributed by atoms with Crippen LogP contribution in [0.25, 0.3) is 0 Å². The number of esters is 1. The fourth-order valence-electron chi connectivity index (χ4n) is 2.82. The van der Waals surface area contributed by atoms with E-state index in [1.54, 1.807) is 0 Å². The quantitative estimate of drug-likeness (QED) is 0.626. The monoisotopic (exact) mass is 395 g/mol. The maximum Gasteiger partial charge on any atom is 0.330 e. The zero-order valence-electron chi connectivity index (χ0n) is 14.8. The standard InChI is InChI=1S/C17H21N3O6S/c1-26-17(23)15(11-21)19-16(22)13-6-8-20(9-7-13)27(24,25)14-4-2-12(10-18)3-5-14/h2-5,13,15,21H,6-9,11H2,1H3,(H,19,22)/t15-/m0/s1. The largest absolute Gasteiger partial charge is 0.467 e. The fourth-order valence-corrected chi connectivity index (χ4v) is 4.29. The van der Waals surface area contributed by atoms with Gasteiger partial charge in [0.1, 0.15) is 0 Å². The zero-order valence-corrected chi connectivity index (χ0v) is 15.6. The number of nitriles is 1. The Labute approximate surface area is 157 Å². The third kappa shape index (κ3) is 4.82. The van der Waals surface area contributed by atoms with Gasteiger partial charge in [-0.05, 0) is 37.1 Å². The topological polar surface area (TPSA) is 137 Å². The first-order valence-corrected chi connectivity index (χ1v) is 9.77. The van der Waals surface area contributed by atoms with Crippen LogP contribution in [0.15, 0.2) is 29.2 Å². The SMILES string of the molecule is COC(=O)[C@H](CO)NC(=O)C1CCN(S(=O)(=O)c2ccc(C#N)cc2)CC1. The molecule has 0 bridgehead atoms. The summed E-state index contributed by atoms with van der Waals surface area (Å²) in [5, 5.41) is 20.4. The average Bonchev–Trinajstić information content (AvgIpc) is 2.71. The van der Waals surface area contributed by atoms with E-state index in [1.165, 1.54) is 28.6 Å². The van der Waals surface area contributed by atoms with Crippen LogP contribution in [0.2, 0.25) is 0 Å². The van der Waals surface area contributed by atoms with Gasteiger partial charge in [-0.1, -0.05) is 0 Å². The minimum atomic E-state index is -3.70. The normalized spacial score (nSPS) is 16.9. The van der Waals surface area contributed by atoms with Gasteiger partial charge < -0.3 is 15.2 Å². The smallest absolute Gasteiger partial charge is 0.330 e. The van der Waals surface area contributed by atoms with Crippen LogP contribution >= 0.6 is 0 Å². The van der Waals surface area contributed by atoms with E-state index in [1.807, 2.05) is 6.07 Å². The third-order valence-electron chi connectivity index (χ3n) is 4.43. The van der Waals surface area contributed by atoms with Crippen LogP contribution in [-0.4, -0.2) is 62.6 Å². The molecule has 1 aliphatic heterocycles. The Morgan fingerprint density at radius 1 is 1.33 bits per heavy atom. The molecule has 0 saturated carbocycles. The summed E-state index contributed by atoms with van der Waals surface area (Å²) < 4.78 is 31.1. The van der Waals surface area contributed by atoms with E-state index in [2.05, 4.69) is 10.1 Å². The lowest BCUT2D eigenvalue weighted by atomic mass is 9.97. The number of sulfonamides is 1. The van der Waals surface area contributed by atoms with Gasteiger partial charge in [0.05, 0.1) is 30.2 Å². The summed E-state index contributed by atoms with van der Waals surface area (Å²) >= 11 is 0. The third-order valence-corrected chi connectivity index (χ3v) is 6.34. The van der Waals surface area contributed by atoms with Gasteiger partial charge in [-0.3, -0.25) is 4.79 Å². The number of hydrogen-bond acceptors (Lipinski definition) is 7. The second-order valence-corrected chi connectivity index (χ2v) is 8.02. The number of methoxy groups -OCH3 is 1. The molecule has 0 radical (unpaired) electrons. The van der Waals surface area contributed by atoms with Crippen LogP contribution in [0.1, 0.15) is 18.4 Å². The molecule has 10 heteroatoms. The van der Waals surface area contributed by atoms with Gasteiger partial charge in [-0.2, -0.15) is 9.57 Å². The predicted molar refractivity (Wildman–Crippen MR) is 93.7 cm³/mol. The Morgan fingerprint density at radius 3 is 2.41 bits per heavy atom. The predicted octanol–water partition coefficient (Wildman–Crippen LogP) is -0.391. The molecule has 1 fully saturated rings. The molecule has 1 heterocycles. The summed E-state index contributed by atoms with van der Waals surface area (Å²) in [6.07, 6.45) is 0.585. The summed E-state index contributed by atoms with van der Waals surface area (Å²) in [5.74, 6) is -1.63. The first-order valence-electron chi connectivity index (χ1n) is 8.33. The number of carbonyl (C=O) groups is 2. The highest BCUT2D eigenvalue weighted by Crippen LogP contribution is 2.24. The summed E-state index contributed by atoms with van der Waals surface area (Å²) in [5.41, 5.74) is 0.369. The van der Waals surface area contributed by atoms with Gasteiger partial charge >= 0.3 is 5.97 Å². The number of hydrogen-bond donors (Lipinski definition) is 2. The molecule has 1 aliphatic rings. The summed E-state index contributed by atoms with van der Waals surface area (Å²) in [4.78, 5) is 23.8. The summed E-state index contributed by atoms with van der Waals surface area (Å²) in [6.45, 7) is -0.269. The Kier molecular flexibility index (Phi) is 6.90. The molecular formula is C17H21N3O6S. The molecular weight excluding hydrogens is 374 g/mol. The molecule has 2 rings (SSSR count). The first kappa shape index (κ1) is 20.8. The van der Waals surface area contributed by atoms with Gasteiger partial charge in [0, 0.05) is 19.0 Å². The number of benzene rings is 1. The lowest BCUT2D eigenvalue weighted by Gasteiger charge is -2.31. The Morgan fingerprint density at radius 2 is 1.93 bits per heavy atom. The number of amides is 1. The highest BCUT2D eigenvalue weighted by atomic mass is 32.2. The first-order chi connectivity index (χ1) is 12.8. The molecule has 1 atom stereocenters. The molecule has 1 amide bonds. The maximum absolute atomic E-state index is 12.7. The van der Waals surface area contributed by atoms with Gasteiger partial charge in [0.25, 0.3) is 0 Å². The van der Waals surface area contributed by atoms with Crippen molar-refractivity contribution in [2.45, 2.75) is 23.8 Å². The molecule has 146 valence electrons. The number of nitrogens with one attached hydrogen (secondary N) is 1. The number of nitrogens with zero attached hydrogens (tertiary/aromatic N) is 2. The molecule has 1 aromatic rings. The fraction of sp³-hybridized carbons (Fsp3) is 0.471. The van der Waals surface area contributed by atoms with Gasteiger partial charge in [0.2, 0.25) is 15.9 Å². The van der Waals surface area contributed by atoms with E-state index in [0.29, 0.717) is 18.4 Å². The Hall–Kier alpha value is -2.48. The second kappa shape index (κ2) is 8.94. The number of aliphatic hydroxyl groups excluding tert-OH is 1. The molecule has 0 aromatic heterocycles. The van der Waals surface area contributed by atoms with Crippen molar-refractivity contribution in [1.29, 1.82) is 5.26 Å². The van der Waals surface area contributed by atoms with E-state index in [9.17, 15) is 18.0 Å². The number of rotatable bonds is 6. The average molecular weight is 395 g/mol. The van der Waals surface area contributed by atoms with E-state index in [4.69, 9.17) is 10.4 Å². The molecule has 27 heavy (non-hydrogen) atoms. The van der Waals surface area contributed by atoms with E-state index in [-0.39, 0.29) is 18.0 Å². The minimum Gasteiger partial charge on any atom is -0.467 e. The molecule has 0 aliphatic carbocycles. The molecule has 1 aromatic carbocycles.